The molecule has 0 atom stereocenters. The number of carbonyl (C=O) groups is 1. The van der Waals surface area contributed by atoms with Gasteiger partial charge in [-0.1, -0.05) is 73.3 Å². The molecule has 52 heavy (non-hydrogen) atoms. The molecule has 2 aliphatic heterocycles. The summed E-state index contributed by atoms with van der Waals surface area (Å²) in [4.78, 5) is 26.0. The Morgan fingerprint density at radius 3 is 2.17 bits per heavy atom. The highest BCUT2D eigenvalue weighted by Gasteiger charge is 2.31. The van der Waals surface area contributed by atoms with Gasteiger partial charge in [0.05, 0.1) is 0 Å². The minimum absolute atomic E-state index is 0.226. The summed E-state index contributed by atoms with van der Waals surface area (Å²) in [6, 6.07) is 25.0. The number of nitrogens with zero attached hydrogens (tertiary/aromatic N) is 6. The van der Waals surface area contributed by atoms with Crippen LogP contribution in [-0.4, -0.2) is 83.4 Å². The molecule has 4 heterocycles. The van der Waals surface area contributed by atoms with Gasteiger partial charge in [0.2, 0.25) is 11.8 Å². The number of anilines is 1. The molecule has 0 unspecified atom stereocenters. The zero-order chi connectivity index (χ0) is 36.3. The van der Waals surface area contributed by atoms with Crippen molar-refractivity contribution >= 4 is 11.9 Å². The molecule has 0 radical (unpaired) electrons. The Morgan fingerprint density at radius 2 is 1.56 bits per heavy atom. The SMILES string of the molecule is C=C/C=C/N(C1CCN(C(=O)OC2CCN(c3ncc(-c4ccc(OCc5ccccc5)nc4OCc4ccccc4)cc3F)CC2)CC1)N(C)C. The van der Waals surface area contributed by atoms with Crippen LogP contribution in [0, 0.1) is 5.82 Å². The van der Waals surface area contributed by atoms with Crippen molar-refractivity contribution in [2.45, 2.75) is 51.0 Å². The van der Waals surface area contributed by atoms with Gasteiger partial charge in [-0.25, -0.2) is 19.2 Å². The molecule has 2 aliphatic rings. The van der Waals surface area contributed by atoms with Crippen LogP contribution in [-0.2, 0) is 18.0 Å². The summed E-state index contributed by atoms with van der Waals surface area (Å²) >= 11 is 0. The van der Waals surface area contributed by atoms with Gasteiger partial charge in [-0.15, -0.1) is 0 Å². The van der Waals surface area contributed by atoms with Crippen molar-refractivity contribution in [3.63, 3.8) is 0 Å². The molecule has 4 aromatic rings. The molecular formula is C41H47FN6O4. The summed E-state index contributed by atoms with van der Waals surface area (Å²) in [6.45, 7) is 6.72. The van der Waals surface area contributed by atoms with Crippen molar-refractivity contribution in [2.75, 3.05) is 45.2 Å². The van der Waals surface area contributed by atoms with Gasteiger partial charge in [0, 0.05) is 88.7 Å². The van der Waals surface area contributed by atoms with Gasteiger partial charge < -0.3 is 29.0 Å². The summed E-state index contributed by atoms with van der Waals surface area (Å²) < 4.78 is 33.8. The highest BCUT2D eigenvalue weighted by atomic mass is 19.1. The van der Waals surface area contributed by atoms with E-state index in [4.69, 9.17) is 14.2 Å². The minimum Gasteiger partial charge on any atom is -0.473 e. The van der Waals surface area contributed by atoms with E-state index in [1.807, 2.05) is 98.0 Å². The van der Waals surface area contributed by atoms with Crippen molar-refractivity contribution in [3.8, 4) is 22.9 Å². The molecule has 10 nitrogen and oxygen atoms in total. The number of aromatic nitrogens is 2. The first kappa shape index (κ1) is 36.4. The maximum Gasteiger partial charge on any atom is 0.410 e. The van der Waals surface area contributed by atoms with Gasteiger partial charge in [0.15, 0.2) is 11.6 Å². The van der Waals surface area contributed by atoms with Crippen LogP contribution in [0.1, 0.15) is 36.8 Å². The minimum atomic E-state index is -0.441. The number of benzene rings is 2. The number of hydrogen-bond donors (Lipinski definition) is 0. The second kappa shape index (κ2) is 17.7. The van der Waals surface area contributed by atoms with E-state index in [9.17, 15) is 4.79 Å². The summed E-state index contributed by atoms with van der Waals surface area (Å²) in [5, 5.41) is 4.22. The fourth-order valence-corrected chi connectivity index (χ4v) is 6.55. The molecule has 1 amide bonds. The van der Waals surface area contributed by atoms with Gasteiger partial charge in [-0.3, -0.25) is 0 Å². The largest absolute Gasteiger partial charge is 0.473 e. The van der Waals surface area contributed by atoms with E-state index in [0.29, 0.717) is 74.6 Å². The summed E-state index contributed by atoms with van der Waals surface area (Å²) in [6.07, 6.45) is 9.71. The number of carbonyl (C=O) groups excluding carboxylic acids is 1. The van der Waals surface area contributed by atoms with Crippen LogP contribution >= 0.6 is 0 Å². The zero-order valence-corrected chi connectivity index (χ0v) is 29.9. The van der Waals surface area contributed by atoms with E-state index in [-0.39, 0.29) is 24.6 Å². The molecule has 0 bridgehead atoms. The van der Waals surface area contributed by atoms with Crippen molar-refractivity contribution in [1.29, 1.82) is 0 Å². The fraction of sp³-hybridized carbons (Fsp3) is 0.341. The maximum atomic E-state index is 15.7. The van der Waals surface area contributed by atoms with Crippen molar-refractivity contribution in [2.24, 2.45) is 0 Å². The van der Waals surface area contributed by atoms with Gasteiger partial charge in [-0.2, -0.15) is 4.98 Å². The Morgan fingerprint density at radius 1 is 0.904 bits per heavy atom. The van der Waals surface area contributed by atoms with Gasteiger partial charge in [0.25, 0.3) is 0 Å². The first-order valence-electron chi connectivity index (χ1n) is 17.8. The molecule has 0 spiro atoms. The van der Waals surface area contributed by atoms with Crippen LogP contribution in [0.15, 0.2) is 110 Å². The maximum absolute atomic E-state index is 15.7. The first-order valence-corrected chi connectivity index (χ1v) is 17.8. The number of likely N-dealkylation sites (tertiary alicyclic amines) is 1. The number of allylic oxidation sites excluding steroid dienone is 2. The highest BCUT2D eigenvalue weighted by Crippen LogP contribution is 2.34. The number of piperidine rings is 2. The monoisotopic (exact) mass is 706 g/mol. The van der Waals surface area contributed by atoms with E-state index in [2.05, 4.69) is 26.6 Å². The predicted octanol–water partition coefficient (Wildman–Crippen LogP) is 7.49. The van der Waals surface area contributed by atoms with Crippen LogP contribution in [0.4, 0.5) is 15.0 Å². The second-order valence-corrected chi connectivity index (χ2v) is 13.2. The molecule has 0 saturated carbocycles. The summed E-state index contributed by atoms with van der Waals surface area (Å²) in [5.74, 6) is 0.564. The van der Waals surface area contributed by atoms with E-state index < -0.39 is 5.82 Å². The first-order chi connectivity index (χ1) is 25.4. The number of halogens is 1. The summed E-state index contributed by atoms with van der Waals surface area (Å²) in [5.41, 5.74) is 3.15. The molecule has 2 saturated heterocycles. The molecule has 2 aromatic carbocycles. The molecular weight excluding hydrogens is 659 g/mol. The van der Waals surface area contributed by atoms with Crippen LogP contribution < -0.4 is 14.4 Å². The Hall–Kier alpha value is -5.42. The van der Waals surface area contributed by atoms with E-state index in [1.54, 1.807) is 23.2 Å². The third-order valence-corrected chi connectivity index (χ3v) is 9.36. The van der Waals surface area contributed by atoms with Crippen LogP contribution in [0.2, 0.25) is 0 Å². The molecule has 2 aromatic heterocycles. The summed E-state index contributed by atoms with van der Waals surface area (Å²) in [7, 11) is 4.02. The van der Waals surface area contributed by atoms with Crippen LogP contribution in [0.3, 0.4) is 0 Å². The molecule has 11 heteroatoms. The lowest BCUT2D eigenvalue weighted by atomic mass is 10.0. The molecule has 2 fully saturated rings. The standard InChI is InChI=1S/C41H47FN6O4/c1-4-5-22-48(45(2)3)34-18-23-47(24-19-34)41(49)52-35-20-25-46(26-21-35)39-37(42)27-33(28-43-39)36-16-17-38(50-29-31-12-8-6-9-13-31)44-40(36)51-30-32-14-10-7-11-15-32/h4-17,22,27-28,34-35H,1,18-21,23-26,29-30H2,2-3H3/b22-5+. The number of rotatable bonds is 13. The molecule has 6 rings (SSSR count). The number of hydrogen-bond acceptors (Lipinski definition) is 9. The Kier molecular flexibility index (Phi) is 12.4. The second-order valence-electron chi connectivity index (χ2n) is 13.2. The quantitative estimate of drug-likeness (QED) is 0.104. The lowest BCUT2D eigenvalue weighted by Crippen LogP contribution is -2.49. The van der Waals surface area contributed by atoms with E-state index in [1.165, 1.54) is 6.07 Å². The average molecular weight is 707 g/mol. The molecule has 0 N–H and O–H groups in total. The smallest absolute Gasteiger partial charge is 0.410 e. The molecule has 272 valence electrons. The van der Waals surface area contributed by atoms with Gasteiger partial charge in [0.1, 0.15) is 19.3 Å². The topological polar surface area (TPSA) is 83.5 Å². The molecule has 0 aliphatic carbocycles. The van der Waals surface area contributed by atoms with Crippen molar-refractivity contribution in [1.82, 2.24) is 24.9 Å². The van der Waals surface area contributed by atoms with Crippen LogP contribution in [0.25, 0.3) is 11.1 Å². The van der Waals surface area contributed by atoms with E-state index >= 15 is 4.39 Å². The third kappa shape index (κ3) is 9.46. The Balaban J connectivity index is 1.06. The zero-order valence-electron chi connectivity index (χ0n) is 29.9. The van der Waals surface area contributed by atoms with Crippen molar-refractivity contribution in [3.05, 3.63) is 127 Å². The average Bonchev–Trinajstić information content (AvgIpc) is 3.18. The fourth-order valence-electron chi connectivity index (χ4n) is 6.55. The van der Waals surface area contributed by atoms with Gasteiger partial charge >= 0.3 is 6.09 Å². The lowest BCUT2D eigenvalue weighted by Gasteiger charge is -2.41. The van der Waals surface area contributed by atoms with E-state index in [0.717, 1.165) is 24.0 Å². The highest BCUT2D eigenvalue weighted by molar-refractivity contribution is 5.70. The lowest BCUT2D eigenvalue weighted by molar-refractivity contribution is -0.00232. The van der Waals surface area contributed by atoms with Gasteiger partial charge in [-0.05, 0) is 42.2 Å². The third-order valence-electron chi connectivity index (χ3n) is 9.36. The number of ether oxygens (including phenoxy) is 3. The Labute approximate surface area is 305 Å². The number of pyridine rings is 2. The number of amides is 1. The van der Waals surface area contributed by atoms with Crippen LogP contribution in [0.5, 0.6) is 11.8 Å². The van der Waals surface area contributed by atoms with Crippen molar-refractivity contribution < 1.29 is 23.4 Å². The normalized spacial score (nSPS) is 15.5. The number of hydrazine groups is 1. The Bertz CT molecular complexity index is 1790. The predicted molar refractivity (Wildman–Crippen MR) is 200 cm³/mol.